The van der Waals surface area contributed by atoms with Gasteiger partial charge in [0.1, 0.15) is 5.75 Å². The van der Waals surface area contributed by atoms with Gasteiger partial charge in [-0.25, -0.2) is 0 Å². The van der Waals surface area contributed by atoms with E-state index < -0.39 is 0 Å². The first-order valence-corrected chi connectivity index (χ1v) is 5.84. The second kappa shape index (κ2) is 6.38. The third-order valence-corrected chi connectivity index (χ3v) is 2.56. The van der Waals surface area contributed by atoms with Crippen LogP contribution in [0.4, 0.5) is 5.69 Å². The highest BCUT2D eigenvalue weighted by atomic mass is 16.5. The summed E-state index contributed by atoms with van der Waals surface area (Å²) in [7, 11) is 0. The lowest BCUT2D eigenvalue weighted by atomic mass is 10.1. The topological polar surface area (TPSA) is 41.5 Å². The van der Waals surface area contributed by atoms with Gasteiger partial charge in [0, 0.05) is 17.3 Å². The number of benzene rings is 1. The average molecular weight is 223 g/mol. The maximum absolute atomic E-state index is 9.25. The summed E-state index contributed by atoms with van der Waals surface area (Å²) in [5.41, 5.74) is 1.86. The van der Waals surface area contributed by atoms with E-state index in [-0.39, 0.29) is 6.61 Å². The zero-order valence-corrected chi connectivity index (χ0v) is 10.3. The molecule has 0 radical (unpaired) electrons. The maximum atomic E-state index is 9.25. The molecular formula is C13H21NO2. The Balaban J connectivity index is 2.81. The Hall–Kier alpha value is -1.22. The van der Waals surface area contributed by atoms with E-state index in [2.05, 4.69) is 19.2 Å². The zero-order valence-electron chi connectivity index (χ0n) is 10.3. The summed E-state index contributed by atoms with van der Waals surface area (Å²) in [4.78, 5) is 0. The molecule has 90 valence electrons. The molecule has 1 aromatic rings. The quantitative estimate of drug-likeness (QED) is 0.779. The van der Waals surface area contributed by atoms with E-state index in [0.717, 1.165) is 23.4 Å². The Morgan fingerprint density at radius 1 is 1.38 bits per heavy atom. The van der Waals surface area contributed by atoms with Crippen LogP contribution in [0.5, 0.6) is 5.75 Å². The molecule has 1 aromatic carbocycles. The first kappa shape index (κ1) is 12.8. The van der Waals surface area contributed by atoms with Gasteiger partial charge in [-0.15, -0.1) is 0 Å². The molecule has 0 saturated heterocycles. The fourth-order valence-corrected chi connectivity index (χ4v) is 1.48. The third-order valence-electron chi connectivity index (χ3n) is 2.56. The van der Waals surface area contributed by atoms with Crippen LogP contribution < -0.4 is 10.1 Å². The van der Waals surface area contributed by atoms with Crippen molar-refractivity contribution in [2.24, 2.45) is 0 Å². The SMILES string of the molecule is CCOc1ccc(NC(C)CC)cc1CO. The minimum absolute atomic E-state index is 0.00532. The van der Waals surface area contributed by atoms with Gasteiger partial charge in [-0.2, -0.15) is 0 Å². The molecular weight excluding hydrogens is 202 g/mol. The van der Waals surface area contributed by atoms with Crippen LogP contribution in [0, 0.1) is 0 Å². The van der Waals surface area contributed by atoms with Crippen LogP contribution in [0.3, 0.4) is 0 Å². The number of aliphatic hydroxyl groups is 1. The number of hydrogen-bond acceptors (Lipinski definition) is 3. The van der Waals surface area contributed by atoms with Gasteiger partial charge in [-0.1, -0.05) is 6.92 Å². The molecule has 0 fully saturated rings. The van der Waals surface area contributed by atoms with Crippen molar-refractivity contribution in [2.45, 2.75) is 39.8 Å². The number of nitrogens with one attached hydrogen (secondary N) is 1. The molecule has 3 heteroatoms. The first-order chi connectivity index (χ1) is 7.71. The molecule has 16 heavy (non-hydrogen) atoms. The van der Waals surface area contributed by atoms with Crippen LogP contribution in [-0.4, -0.2) is 17.8 Å². The molecule has 0 aromatic heterocycles. The fourth-order valence-electron chi connectivity index (χ4n) is 1.48. The van der Waals surface area contributed by atoms with E-state index in [4.69, 9.17) is 4.74 Å². The summed E-state index contributed by atoms with van der Waals surface area (Å²) < 4.78 is 5.43. The van der Waals surface area contributed by atoms with Crippen molar-refractivity contribution in [3.8, 4) is 5.75 Å². The second-order valence-corrected chi connectivity index (χ2v) is 3.87. The Kier molecular flexibility index (Phi) is 5.12. The predicted octanol–water partition coefficient (Wildman–Crippen LogP) is 2.79. The highest BCUT2D eigenvalue weighted by Gasteiger charge is 2.05. The molecule has 2 N–H and O–H groups in total. The van der Waals surface area contributed by atoms with E-state index >= 15 is 0 Å². The molecule has 0 heterocycles. The van der Waals surface area contributed by atoms with Crippen LogP contribution in [0.2, 0.25) is 0 Å². The van der Waals surface area contributed by atoms with Crippen LogP contribution >= 0.6 is 0 Å². The van der Waals surface area contributed by atoms with Crippen molar-refractivity contribution in [1.29, 1.82) is 0 Å². The van der Waals surface area contributed by atoms with E-state index in [0.29, 0.717) is 12.6 Å². The Morgan fingerprint density at radius 3 is 2.69 bits per heavy atom. The summed E-state index contributed by atoms with van der Waals surface area (Å²) >= 11 is 0. The van der Waals surface area contributed by atoms with Crippen LogP contribution in [0.25, 0.3) is 0 Å². The van der Waals surface area contributed by atoms with Crippen molar-refractivity contribution >= 4 is 5.69 Å². The molecule has 3 nitrogen and oxygen atoms in total. The van der Waals surface area contributed by atoms with Gasteiger partial charge in [0.05, 0.1) is 13.2 Å². The molecule has 0 aliphatic carbocycles. The lowest BCUT2D eigenvalue weighted by Gasteiger charge is -2.15. The van der Waals surface area contributed by atoms with Gasteiger partial charge < -0.3 is 15.2 Å². The Morgan fingerprint density at radius 2 is 2.12 bits per heavy atom. The fraction of sp³-hybridized carbons (Fsp3) is 0.538. The lowest BCUT2D eigenvalue weighted by Crippen LogP contribution is -2.13. The molecule has 0 aliphatic heterocycles. The van der Waals surface area contributed by atoms with E-state index in [1.165, 1.54) is 0 Å². The zero-order chi connectivity index (χ0) is 12.0. The highest BCUT2D eigenvalue weighted by Crippen LogP contribution is 2.23. The molecule has 0 bridgehead atoms. The second-order valence-electron chi connectivity index (χ2n) is 3.87. The minimum Gasteiger partial charge on any atom is -0.494 e. The summed E-state index contributed by atoms with van der Waals surface area (Å²) in [6.45, 7) is 6.83. The molecule has 1 atom stereocenters. The summed E-state index contributed by atoms with van der Waals surface area (Å²) in [5.74, 6) is 0.764. The Bertz CT molecular complexity index is 326. The first-order valence-electron chi connectivity index (χ1n) is 5.84. The number of aliphatic hydroxyl groups excluding tert-OH is 1. The summed E-state index contributed by atoms with van der Waals surface area (Å²) in [6, 6.07) is 6.26. The monoisotopic (exact) mass is 223 g/mol. The van der Waals surface area contributed by atoms with Gasteiger partial charge in [0.2, 0.25) is 0 Å². The standard InChI is InChI=1S/C13H21NO2/c1-4-10(3)14-12-6-7-13(16-5-2)11(8-12)9-15/h6-8,10,14-15H,4-5,9H2,1-3H3. The smallest absolute Gasteiger partial charge is 0.124 e. The van der Waals surface area contributed by atoms with Crippen molar-refractivity contribution in [3.05, 3.63) is 23.8 Å². The average Bonchev–Trinajstić information content (AvgIpc) is 2.31. The summed E-state index contributed by atoms with van der Waals surface area (Å²) in [5, 5.41) is 12.6. The molecule has 1 rings (SSSR count). The van der Waals surface area contributed by atoms with Gasteiger partial charge in [0.25, 0.3) is 0 Å². The predicted molar refractivity (Wildman–Crippen MR) is 66.9 cm³/mol. The molecule has 0 spiro atoms. The molecule has 0 saturated carbocycles. The normalized spacial score (nSPS) is 12.2. The van der Waals surface area contributed by atoms with Gasteiger partial charge in [-0.05, 0) is 38.5 Å². The highest BCUT2D eigenvalue weighted by molar-refractivity contribution is 5.51. The third kappa shape index (κ3) is 3.42. The molecule has 0 aliphatic rings. The number of hydrogen-bond donors (Lipinski definition) is 2. The van der Waals surface area contributed by atoms with Crippen LogP contribution in [0.1, 0.15) is 32.8 Å². The number of anilines is 1. The van der Waals surface area contributed by atoms with Gasteiger partial charge in [0.15, 0.2) is 0 Å². The van der Waals surface area contributed by atoms with Crippen molar-refractivity contribution in [1.82, 2.24) is 0 Å². The van der Waals surface area contributed by atoms with Crippen LogP contribution in [-0.2, 0) is 6.61 Å². The molecule has 0 amide bonds. The van der Waals surface area contributed by atoms with Gasteiger partial charge in [-0.3, -0.25) is 0 Å². The number of ether oxygens (including phenoxy) is 1. The maximum Gasteiger partial charge on any atom is 0.124 e. The molecule has 1 unspecified atom stereocenters. The van der Waals surface area contributed by atoms with Crippen molar-refractivity contribution < 1.29 is 9.84 Å². The lowest BCUT2D eigenvalue weighted by molar-refractivity contribution is 0.267. The largest absolute Gasteiger partial charge is 0.494 e. The Labute approximate surface area is 97.4 Å². The van der Waals surface area contributed by atoms with E-state index in [1.54, 1.807) is 0 Å². The van der Waals surface area contributed by atoms with Gasteiger partial charge >= 0.3 is 0 Å². The minimum atomic E-state index is 0.00532. The van der Waals surface area contributed by atoms with Crippen LogP contribution in [0.15, 0.2) is 18.2 Å². The van der Waals surface area contributed by atoms with E-state index in [1.807, 2.05) is 25.1 Å². The summed E-state index contributed by atoms with van der Waals surface area (Å²) in [6.07, 6.45) is 1.07. The van der Waals surface area contributed by atoms with Crippen molar-refractivity contribution in [2.75, 3.05) is 11.9 Å². The number of rotatable bonds is 6. The van der Waals surface area contributed by atoms with E-state index in [9.17, 15) is 5.11 Å². The van der Waals surface area contributed by atoms with Crippen molar-refractivity contribution in [3.63, 3.8) is 0 Å².